The molecule has 0 spiro atoms. The van der Waals surface area contributed by atoms with E-state index in [9.17, 15) is 19.5 Å². The number of rotatable bonds is 3. The number of likely N-dealkylation sites (tertiary alicyclic amines) is 1. The van der Waals surface area contributed by atoms with Gasteiger partial charge >= 0.3 is 5.97 Å². The van der Waals surface area contributed by atoms with Crippen molar-refractivity contribution in [3.63, 3.8) is 0 Å². The molecular weight excluding hydrogens is 324 g/mol. The van der Waals surface area contributed by atoms with Gasteiger partial charge in [0, 0.05) is 31.1 Å². The van der Waals surface area contributed by atoms with Gasteiger partial charge in [0.05, 0.1) is 17.7 Å². The van der Waals surface area contributed by atoms with Gasteiger partial charge in [-0.15, -0.1) is 0 Å². The number of furan rings is 1. The zero-order valence-electron chi connectivity index (χ0n) is 14.0. The lowest BCUT2D eigenvalue weighted by Gasteiger charge is -2.34. The SMILES string of the molecule is O=C(O)[C@@H]1C[C@H]2CC[C@@H]1N2C(=O)C1CCN(C(=O)c2ccoc2)CC1. The number of hydrogen-bond donors (Lipinski definition) is 1. The van der Waals surface area contributed by atoms with Crippen LogP contribution in [0.3, 0.4) is 0 Å². The summed E-state index contributed by atoms with van der Waals surface area (Å²) in [5, 5.41) is 9.34. The highest BCUT2D eigenvalue weighted by Crippen LogP contribution is 2.43. The summed E-state index contributed by atoms with van der Waals surface area (Å²) in [6.45, 7) is 1.10. The number of carboxylic acid groups (broad SMARTS) is 1. The van der Waals surface area contributed by atoms with Gasteiger partial charge in [0.2, 0.25) is 5.91 Å². The summed E-state index contributed by atoms with van der Waals surface area (Å²) in [6.07, 6.45) is 6.48. The van der Waals surface area contributed by atoms with Crippen molar-refractivity contribution in [1.82, 2.24) is 9.80 Å². The van der Waals surface area contributed by atoms with E-state index in [4.69, 9.17) is 4.42 Å². The Hall–Kier alpha value is -2.31. The van der Waals surface area contributed by atoms with Crippen molar-refractivity contribution in [3.05, 3.63) is 24.2 Å². The van der Waals surface area contributed by atoms with Gasteiger partial charge in [-0.05, 0) is 38.2 Å². The maximum absolute atomic E-state index is 12.9. The molecule has 0 aliphatic carbocycles. The number of hydrogen-bond acceptors (Lipinski definition) is 4. The minimum Gasteiger partial charge on any atom is -0.481 e. The second kappa shape index (κ2) is 6.20. The third-order valence-electron chi connectivity index (χ3n) is 6.01. The van der Waals surface area contributed by atoms with E-state index in [1.807, 2.05) is 4.90 Å². The zero-order valence-corrected chi connectivity index (χ0v) is 14.0. The normalized spacial score (nSPS) is 29.2. The molecule has 1 aromatic rings. The highest BCUT2D eigenvalue weighted by molar-refractivity contribution is 5.94. The topological polar surface area (TPSA) is 91.1 Å². The molecule has 1 N–H and O–H groups in total. The summed E-state index contributed by atoms with van der Waals surface area (Å²) >= 11 is 0. The molecular formula is C18H22N2O5. The van der Waals surface area contributed by atoms with E-state index in [1.165, 1.54) is 12.5 Å². The van der Waals surface area contributed by atoms with Gasteiger partial charge in [-0.25, -0.2) is 0 Å². The molecule has 2 amide bonds. The predicted molar refractivity (Wildman–Crippen MR) is 86.7 cm³/mol. The van der Waals surface area contributed by atoms with Gasteiger partial charge in [-0.2, -0.15) is 0 Å². The second-order valence-corrected chi connectivity index (χ2v) is 7.30. The van der Waals surface area contributed by atoms with Crippen molar-refractivity contribution in [2.45, 2.75) is 44.2 Å². The Kier molecular flexibility index (Phi) is 4.01. The summed E-state index contributed by atoms with van der Waals surface area (Å²) in [7, 11) is 0. The molecule has 0 saturated carbocycles. The molecule has 4 rings (SSSR count). The predicted octanol–water partition coefficient (Wildman–Crippen LogP) is 1.60. The Balaban J connectivity index is 1.37. The first-order chi connectivity index (χ1) is 12.1. The van der Waals surface area contributed by atoms with Crippen LogP contribution in [0, 0.1) is 11.8 Å². The minimum absolute atomic E-state index is 0.0631. The number of carbonyl (C=O) groups is 3. The molecule has 134 valence electrons. The van der Waals surface area contributed by atoms with Crippen LogP contribution in [0.2, 0.25) is 0 Å². The number of carbonyl (C=O) groups excluding carboxylic acids is 2. The molecule has 7 nitrogen and oxygen atoms in total. The smallest absolute Gasteiger partial charge is 0.308 e. The van der Waals surface area contributed by atoms with E-state index in [-0.39, 0.29) is 29.8 Å². The van der Waals surface area contributed by atoms with E-state index in [2.05, 4.69) is 0 Å². The summed E-state index contributed by atoms with van der Waals surface area (Å²) < 4.78 is 4.96. The van der Waals surface area contributed by atoms with Gasteiger partial charge in [0.1, 0.15) is 6.26 Å². The van der Waals surface area contributed by atoms with Crippen molar-refractivity contribution < 1.29 is 23.9 Å². The average Bonchev–Trinajstić information content (AvgIpc) is 3.36. The van der Waals surface area contributed by atoms with Crippen LogP contribution in [0.25, 0.3) is 0 Å². The molecule has 3 fully saturated rings. The number of aliphatic carboxylic acids is 1. The quantitative estimate of drug-likeness (QED) is 0.897. The summed E-state index contributed by atoms with van der Waals surface area (Å²) in [5.74, 6) is -1.28. The minimum atomic E-state index is -0.787. The first kappa shape index (κ1) is 16.2. The Morgan fingerprint density at radius 3 is 2.48 bits per heavy atom. The molecule has 0 radical (unpaired) electrons. The summed E-state index contributed by atoms with van der Waals surface area (Å²) in [5.41, 5.74) is 0.534. The van der Waals surface area contributed by atoms with Gasteiger partial charge in [0.15, 0.2) is 0 Å². The highest BCUT2D eigenvalue weighted by atomic mass is 16.4. The van der Waals surface area contributed by atoms with Crippen molar-refractivity contribution in [2.75, 3.05) is 13.1 Å². The Labute approximate surface area is 145 Å². The number of fused-ring (bicyclic) bond motifs is 2. The van der Waals surface area contributed by atoms with Crippen LogP contribution < -0.4 is 0 Å². The standard InChI is InChI=1S/C18H22N2O5/c21-16(12-5-8-25-10-12)19-6-3-11(4-7-19)17(22)20-13-1-2-15(20)14(9-13)18(23)24/h5,8,10-11,13-15H,1-4,6-7,9H2,(H,23,24)/t13-,14-,15+/m1/s1. The fourth-order valence-corrected chi connectivity index (χ4v) is 4.71. The monoisotopic (exact) mass is 346 g/mol. The van der Waals surface area contributed by atoms with Crippen LogP contribution >= 0.6 is 0 Å². The molecule has 2 bridgehead atoms. The average molecular weight is 346 g/mol. The van der Waals surface area contributed by atoms with Crippen molar-refractivity contribution >= 4 is 17.8 Å². The molecule has 3 aliphatic heterocycles. The molecule has 1 aromatic heterocycles. The molecule has 3 aliphatic rings. The molecule has 25 heavy (non-hydrogen) atoms. The molecule has 3 saturated heterocycles. The highest BCUT2D eigenvalue weighted by Gasteiger charge is 2.52. The lowest BCUT2D eigenvalue weighted by atomic mass is 9.89. The summed E-state index contributed by atoms with van der Waals surface area (Å²) in [4.78, 5) is 40.3. The molecule has 0 unspecified atom stereocenters. The molecule has 7 heteroatoms. The van der Waals surface area contributed by atoms with Crippen molar-refractivity contribution in [2.24, 2.45) is 11.8 Å². The van der Waals surface area contributed by atoms with E-state index >= 15 is 0 Å². The first-order valence-electron chi connectivity index (χ1n) is 8.92. The van der Waals surface area contributed by atoms with Crippen LogP contribution in [0.1, 0.15) is 42.5 Å². The molecule has 0 aromatic carbocycles. The van der Waals surface area contributed by atoms with E-state index < -0.39 is 11.9 Å². The van der Waals surface area contributed by atoms with E-state index in [0.717, 1.165) is 12.8 Å². The van der Waals surface area contributed by atoms with Crippen LogP contribution in [-0.2, 0) is 9.59 Å². The Morgan fingerprint density at radius 2 is 1.88 bits per heavy atom. The Bertz CT molecular complexity index is 678. The molecule has 4 heterocycles. The number of carboxylic acids is 1. The van der Waals surface area contributed by atoms with Gasteiger partial charge in [-0.3, -0.25) is 14.4 Å². The Morgan fingerprint density at radius 1 is 1.12 bits per heavy atom. The van der Waals surface area contributed by atoms with E-state index in [0.29, 0.717) is 37.9 Å². The maximum Gasteiger partial charge on any atom is 0.308 e. The fraction of sp³-hybridized carbons (Fsp3) is 0.611. The lowest BCUT2D eigenvalue weighted by Crippen LogP contribution is -2.46. The van der Waals surface area contributed by atoms with Gasteiger partial charge in [-0.1, -0.05) is 0 Å². The largest absolute Gasteiger partial charge is 0.481 e. The second-order valence-electron chi connectivity index (χ2n) is 7.30. The third-order valence-corrected chi connectivity index (χ3v) is 6.01. The van der Waals surface area contributed by atoms with Gasteiger partial charge < -0.3 is 19.3 Å². The zero-order chi connectivity index (χ0) is 17.6. The maximum atomic E-state index is 12.9. The van der Waals surface area contributed by atoms with Crippen LogP contribution in [0.4, 0.5) is 0 Å². The van der Waals surface area contributed by atoms with Crippen molar-refractivity contribution in [1.29, 1.82) is 0 Å². The first-order valence-corrected chi connectivity index (χ1v) is 8.92. The van der Waals surface area contributed by atoms with Crippen molar-refractivity contribution in [3.8, 4) is 0 Å². The lowest BCUT2D eigenvalue weighted by molar-refractivity contribution is -0.144. The third kappa shape index (κ3) is 2.71. The van der Waals surface area contributed by atoms with Crippen LogP contribution in [0.15, 0.2) is 23.0 Å². The summed E-state index contributed by atoms with van der Waals surface area (Å²) in [6, 6.07) is 1.60. The number of amides is 2. The fourth-order valence-electron chi connectivity index (χ4n) is 4.71. The molecule has 3 atom stereocenters. The van der Waals surface area contributed by atoms with Crippen LogP contribution in [0.5, 0.6) is 0 Å². The van der Waals surface area contributed by atoms with Crippen LogP contribution in [-0.4, -0.2) is 57.9 Å². The number of piperidine rings is 1. The van der Waals surface area contributed by atoms with Gasteiger partial charge in [0.25, 0.3) is 5.91 Å². The van der Waals surface area contributed by atoms with E-state index in [1.54, 1.807) is 11.0 Å². The number of nitrogens with zero attached hydrogens (tertiary/aromatic N) is 2.